The maximum absolute atomic E-state index is 12.2. The van der Waals surface area contributed by atoms with Crippen LogP contribution in [0.25, 0.3) is 0 Å². The first kappa shape index (κ1) is 18.9. The first-order chi connectivity index (χ1) is 11.7. The van der Waals surface area contributed by atoms with Crippen LogP contribution < -0.4 is 10.6 Å². The number of rotatable bonds is 4. The Bertz CT molecular complexity index is 787. The lowest BCUT2D eigenvalue weighted by Crippen LogP contribution is -2.39. The summed E-state index contributed by atoms with van der Waals surface area (Å²) in [4.78, 5) is 32.8. The minimum Gasteiger partial charge on any atom is -0.307 e. The largest absolute Gasteiger partial charge is 0.325 e. The smallest absolute Gasteiger partial charge is 0.307 e. The van der Waals surface area contributed by atoms with Crippen LogP contribution >= 0.6 is 11.8 Å². The average molecular weight is 358 g/mol. The fourth-order valence-electron chi connectivity index (χ4n) is 2.30. The van der Waals surface area contributed by atoms with Crippen LogP contribution in [0.2, 0.25) is 0 Å². The van der Waals surface area contributed by atoms with Crippen molar-refractivity contribution in [2.24, 2.45) is 0 Å². The molecule has 25 heavy (non-hydrogen) atoms. The number of carbonyl (C=O) groups is 2. The van der Waals surface area contributed by atoms with Crippen molar-refractivity contribution in [1.29, 1.82) is 0 Å². The summed E-state index contributed by atoms with van der Waals surface area (Å²) >= 11 is 1.29. The lowest BCUT2D eigenvalue weighted by Gasteiger charge is -2.13. The predicted octanol–water partition coefficient (Wildman–Crippen LogP) is 3.54. The molecule has 132 valence electrons. The Balaban J connectivity index is 1.94. The monoisotopic (exact) mass is 358 g/mol. The van der Waals surface area contributed by atoms with Gasteiger partial charge in [0.15, 0.2) is 0 Å². The fraction of sp³-hybridized carbons (Fsp3) is 0.333. The van der Waals surface area contributed by atoms with Crippen LogP contribution in [-0.2, 0) is 4.79 Å². The molecule has 1 aromatic heterocycles. The van der Waals surface area contributed by atoms with Gasteiger partial charge in [0, 0.05) is 11.4 Å². The second kappa shape index (κ2) is 8.11. The van der Waals surface area contributed by atoms with E-state index in [1.54, 1.807) is 13.8 Å². The van der Waals surface area contributed by atoms with Crippen LogP contribution in [0.3, 0.4) is 0 Å². The number of hydrogen-bond acceptors (Lipinski definition) is 5. The number of hydrogen-bond donors (Lipinski definition) is 2. The maximum Gasteiger partial charge on any atom is 0.325 e. The minimum absolute atomic E-state index is 0.374. The van der Waals surface area contributed by atoms with Crippen LogP contribution in [0, 0.1) is 27.7 Å². The third kappa shape index (κ3) is 5.56. The number of urea groups is 1. The summed E-state index contributed by atoms with van der Waals surface area (Å²) in [6.45, 7) is 9.30. The molecular weight excluding hydrogens is 336 g/mol. The molecule has 7 heteroatoms. The number of aryl methyl sites for hydroxylation is 4. The molecule has 0 bridgehead atoms. The molecule has 0 radical (unpaired) electrons. The van der Waals surface area contributed by atoms with Crippen molar-refractivity contribution < 1.29 is 9.59 Å². The quantitative estimate of drug-likeness (QED) is 0.645. The van der Waals surface area contributed by atoms with E-state index in [1.165, 1.54) is 11.8 Å². The van der Waals surface area contributed by atoms with Gasteiger partial charge < -0.3 is 5.32 Å². The Morgan fingerprint density at radius 1 is 1.08 bits per heavy atom. The number of aromatic nitrogens is 2. The molecule has 0 spiro atoms. The van der Waals surface area contributed by atoms with Gasteiger partial charge in [-0.2, -0.15) is 0 Å². The molecule has 0 aliphatic heterocycles. The molecule has 0 aliphatic carbocycles. The number of imide groups is 1. The van der Waals surface area contributed by atoms with Gasteiger partial charge in [-0.05, 0) is 52.3 Å². The molecule has 2 aromatic rings. The van der Waals surface area contributed by atoms with Crippen molar-refractivity contribution in [3.05, 3.63) is 46.9 Å². The normalized spacial score (nSPS) is 11.7. The minimum atomic E-state index is -0.542. The van der Waals surface area contributed by atoms with E-state index >= 15 is 0 Å². The summed E-state index contributed by atoms with van der Waals surface area (Å²) < 4.78 is 0. The van der Waals surface area contributed by atoms with Crippen molar-refractivity contribution in [1.82, 2.24) is 15.3 Å². The third-order valence-corrected chi connectivity index (χ3v) is 4.49. The highest BCUT2D eigenvalue weighted by Gasteiger charge is 2.18. The SMILES string of the molecule is Cc1ccc(NC(=O)NC(=O)C(C)Sc2cc(C)nc(C)n2)c(C)c1. The summed E-state index contributed by atoms with van der Waals surface area (Å²) in [5, 5.41) is 5.32. The summed E-state index contributed by atoms with van der Waals surface area (Å²) in [6.07, 6.45) is 0. The van der Waals surface area contributed by atoms with Gasteiger partial charge in [-0.1, -0.05) is 29.5 Å². The van der Waals surface area contributed by atoms with Crippen molar-refractivity contribution >= 4 is 29.4 Å². The number of benzene rings is 1. The Kier molecular flexibility index (Phi) is 6.14. The first-order valence-electron chi connectivity index (χ1n) is 7.92. The number of thioether (sulfide) groups is 1. The molecule has 2 rings (SSSR count). The molecule has 0 aliphatic rings. The van der Waals surface area contributed by atoms with Gasteiger partial charge in [0.1, 0.15) is 10.9 Å². The van der Waals surface area contributed by atoms with E-state index in [2.05, 4.69) is 20.6 Å². The summed E-state index contributed by atoms with van der Waals surface area (Å²) in [7, 11) is 0. The van der Waals surface area contributed by atoms with Crippen molar-refractivity contribution in [3.63, 3.8) is 0 Å². The molecule has 1 atom stereocenters. The van der Waals surface area contributed by atoms with Crippen molar-refractivity contribution in [2.75, 3.05) is 5.32 Å². The van der Waals surface area contributed by atoms with Crippen LogP contribution in [-0.4, -0.2) is 27.2 Å². The molecule has 2 N–H and O–H groups in total. The van der Waals surface area contributed by atoms with Gasteiger partial charge >= 0.3 is 6.03 Å². The standard InChI is InChI=1S/C18H22N4O2S/c1-10-6-7-15(11(2)8-10)21-18(24)22-17(23)13(4)25-16-9-12(3)19-14(5)20-16/h6-9,13H,1-5H3,(H2,21,22,23,24). The lowest BCUT2D eigenvalue weighted by atomic mass is 10.1. The molecular formula is C18H22N4O2S. The predicted molar refractivity (Wildman–Crippen MR) is 99.9 cm³/mol. The van der Waals surface area contributed by atoms with Crippen LogP contribution in [0.4, 0.5) is 10.5 Å². The van der Waals surface area contributed by atoms with Gasteiger partial charge in [0.2, 0.25) is 5.91 Å². The zero-order valence-corrected chi connectivity index (χ0v) is 15.8. The molecule has 3 amide bonds. The van der Waals surface area contributed by atoms with Gasteiger partial charge in [-0.25, -0.2) is 14.8 Å². The van der Waals surface area contributed by atoms with E-state index in [-0.39, 0.29) is 5.91 Å². The number of anilines is 1. The second-order valence-electron chi connectivity index (χ2n) is 5.92. The second-order valence-corrected chi connectivity index (χ2v) is 7.28. The van der Waals surface area contributed by atoms with E-state index in [0.29, 0.717) is 16.5 Å². The first-order valence-corrected chi connectivity index (χ1v) is 8.80. The number of carbonyl (C=O) groups excluding carboxylic acids is 2. The highest BCUT2D eigenvalue weighted by Crippen LogP contribution is 2.22. The van der Waals surface area contributed by atoms with E-state index < -0.39 is 11.3 Å². The van der Waals surface area contributed by atoms with Crippen molar-refractivity contribution in [2.45, 2.75) is 44.9 Å². The van der Waals surface area contributed by atoms with E-state index in [0.717, 1.165) is 16.8 Å². The average Bonchev–Trinajstić information content (AvgIpc) is 2.49. The number of nitrogens with one attached hydrogen (secondary N) is 2. The highest BCUT2D eigenvalue weighted by atomic mass is 32.2. The zero-order valence-electron chi connectivity index (χ0n) is 15.0. The Morgan fingerprint density at radius 2 is 1.80 bits per heavy atom. The molecule has 1 unspecified atom stereocenters. The topological polar surface area (TPSA) is 84.0 Å². The molecule has 1 heterocycles. The van der Waals surface area contributed by atoms with Crippen molar-refractivity contribution in [3.8, 4) is 0 Å². The highest BCUT2D eigenvalue weighted by molar-refractivity contribution is 8.00. The fourth-order valence-corrected chi connectivity index (χ4v) is 3.25. The van der Waals surface area contributed by atoms with Crippen LogP contribution in [0.1, 0.15) is 29.6 Å². The summed E-state index contributed by atoms with van der Waals surface area (Å²) in [6, 6.07) is 6.97. The molecule has 0 fully saturated rings. The van der Waals surface area contributed by atoms with E-state index in [4.69, 9.17) is 0 Å². The molecule has 0 saturated carbocycles. The van der Waals surface area contributed by atoms with Gasteiger partial charge in [0.25, 0.3) is 0 Å². The van der Waals surface area contributed by atoms with Gasteiger partial charge in [-0.15, -0.1) is 0 Å². The third-order valence-electron chi connectivity index (χ3n) is 3.48. The molecule has 0 saturated heterocycles. The Labute approximate surface area is 151 Å². The lowest BCUT2D eigenvalue weighted by molar-refractivity contribution is -0.119. The maximum atomic E-state index is 12.2. The Hall–Kier alpha value is -2.41. The van der Waals surface area contributed by atoms with Crippen LogP contribution in [0.15, 0.2) is 29.3 Å². The van der Waals surface area contributed by atoms with Crippen LogP contribution in [0.5, 0.6) is 0 Å². The summed E-state index contributed by atoms with van der Waals surface area (Å²) in [5.74, 6) is 0.281. The van der Waals surface area contributed by atoms with E-state index in [9.17, 15) is 9.59 Å². The van der Waals surface area contributed by atoms with Gasteiger partial charge in [-0.3, -0.25) is 10.1 Å². The zero-order chi connectivity index (χ0) is 18.6. The summed E-state index contributed by atoms with van der Waals surface area (Å²) in [5.41, 5.74) is 3.57. The number of amides is 3. The molecule has 6 nitrogen and oxygen atoms in total. The number of nitrogens with zero attached hydrogens (tertiary/aromatic N) is 2. The Morgan fingerprint density at radius 3 is 2.44 bits per heavy atom. The van der Waals surface area contributed by atoms with Gasteiger partial charge in [0.05, 0.1) is 5.25 Å². The molecule has 1 aromatic carbocycles. The van der Waals surface area contributed by atoms with E-state index in [1.807, 2.05) is 45.0 Å².